The first-order valence-corrected chi connectivity index (χ1v) is 15.8. The molecule has 9 nitrogen and oxygen atoms in total. The number of ether oxygens (including phenoxy) is 5. The van der Waals surface area contributed by atoms with Gasteiger partial charge in [0, 0.05) is 32.7 Å². The highest BCUT2D eigenvalue weighted by Crippen LogP contribution is 2.18. The van der Waals surface area contributed by atoms with Crippen molar-refractivity contribution in [1.29, 1.82) is 0 Å². The van der Waals surface area contributed by atoms with E-state index >= 15 is 0 Å². The first-order valence-electron chi connectivity index (χ1n) is 15.8. The molecule has 1 N–H and O–H groups in total. The van der Waals surface area contributed by atoms with E-state index in [1.54, 1.807) is 41.5 Å². The standard InChI is InChI=1S/C35H52N2O7/c1-34(2,3)43-32(38)30(36-33(39)44-35(4,5)6)25-27-16-18-29(19-17-27)40-24-21-37(26-28-13-8-7-9-14-28)20-12-23-42-31-15-10-11-22-41-31/h7-9,13-14,16-19,30-31H,10-12,15,20-26H2,1-6H3,(H,36,39)/t30-,31?/m0/s1. The summed E-state index contributed by atoms with van der Waals surface area (Å²) in [5.41, 5.74) is 0.744. The zero-order valence-electron chi connectivity index (χ0n) is 27.4. The van der Waals surface area contributed by atoms with Crippen molar-refractivity contribution in [2.75, 3.05) is 32.9 Å². The molecule has 44 heavy (non-hydrogen) atoms. The SMILES string of the molecule is CC(C)(C)OC(=O)N[C@@H](Cc1ccc(OCCN(CCCOC2CCCCO2)Cc2ccccc2)cc1)C(=O)OC(C)(C)C. The molecule has 9 heteroatoms. The normalized spacial score (nSPS) is 16.3. The number of benzene rings is 2. The highest BCUT2D eigenvalue weighted by atomic mass is 16.7. The molecule has 2 aromatic rings. The molecule has 0 radical (unpaired) electrons. The number of carbonyl (C=O) groups excluding carboxylic acids is 2. The average Bonchev–Trinajstić information content (AvgIpc) is 2.95. The van der Waals surface area contributed by atoms with Gasteiger partial charge in [-0.1, -0.05) is 42.5 Å². The molecule has 3 rings (SSSR count). The summed E-state index contributed by atoms with van der Waals surface area (Å²) in [5.74, 6) is 0.221. The smallest absolute Gasteiger partial charge is 0.408 e. The van der Waals surface area contributed by atoms with Crippen LogP contribution in [0.3, 0.4) is 0 Å². The third kappa shape index (κ3) is 14.6. The van der Waals surface area contributed by atoms with Crippen LogP contribution in [0, 0.1) is 0 Å². The Morgan fingerprint density at radius 2 is 1.59 bits per heavy atom. The quantitative estimate of drug-likeness (QED) is 0.186. The number of nitrogens with one attached hydrogen (secondary N) is 1. The van der Waals surface area contributed by atoms with Crippen LogP contribution in [0.15, 0.2) is 54.6 Å². The molecule has 0 saturated carbocycles. The predicted molar refractivity (Wildman–Crippen MR) is 171 cm³/mol. The van der Waals surface area contributed by atoms with Crippen LogP contribution in [-0.2, 0) is 36.7 Å². The molecule has 2 atom stereocenters. The molecule has 0 spiro atoms. The molecule has 1 unspecified atom stereocenters. The Balaban J connectivity index is 1.52. The lowest BCUT2D eigenvalue weighted by atomic mass is 10.1. The lowest BCUT2D eigenvalue weighted by Crippen LogP contribution is -2.47. The lowest BCUT2D eigenvalue weighted by molar-refractivity contribution is -0.163. The van der Waals surface area contributed by atoms with Crippen molar-refractivity contribution in [2.24, 2.45) is 0 Å². The van der Waals surface area contributed by atoms with E-state index in [2.05, 4.69) is 34.5 Å². The van der Waals surface area contributed by atoms with Crippen LogP contribution in [0.5, 0.6) is 5.75 Å². The monoisotopic (exact) mass is 612 g/mol. The van der Waals surface area contributed by atoms with Crippen LogP contribution in [0.25, 0.3) is 0 Å². The van der Waals surface area contributed by atoms with E-state index in [0.29, 0.717) is 13.2 Å². The lowest BCUT2D eigenvalue weighted by Gasteiger charge is -2.26. The van der Waals surface area contributed by atoms with Crippen LogP contribution in [-0.4, -0.2) is 73.4 Å². The molecule has 2 aromatic carbocycles. The van der Waals surface area contributed by atoms with Gasteiger partial charge in [-0.25, -0.2) is 9.59 Å². The second-order valence-corrected chi connectivity index (χ2v) is 13.2. The fraction of sp³-hybridized carbons (Fsp3) is 0.600. The molecule has 1 saturated heterocycles. The van der Waals surface area contributed by atoms with Crippen molar-refractivity contribution in [1.82, 2.24) is 10.2 Å². The first-order chi connectivity index (χ1) is 20.9. The minimum absolute atomic E-state index is 0.0647. The largest absolute Gasteiger partial charge is 0.492 e. The highest BCUT2D eigenvalue weighted by molar-refractivity contribution is 5.82. The summed E-state index contributed by atoms with van der Waals surface area (Å²) < 4.78 is 28.6. The van der Waals surface area contributed by atoms with E-state index in [1.807, 2.05) is 30.3 Å². The van der Waals surface area contributed by atoms with Gasteiger partial charge in [-0.2, -0.15) is 0 Å². The van der Waals surface area contributed by atoms with E-state index in [1.165, 1.54) is 5.56 Å². The summed E-state index contributed by atoms with van der Waals surface area (Å²) in [6.45, 7) is 15.2. The Morgan fingerprint density at radius 3 is 2.23 bits per heavy atom. The number of alkyl carbamates (subject to hydrolysis) is 1. The van der Waals surface area contributed by atoms with Gasteiger partial charge in [0.1, 0.15) is 29.6 Å². The van der Waals surface area contributed by atoms with Crippen molar-refractivity contribution >= 4 is 12.1 Å². The van der Waals surface area contributed by atoms with Gasteiger partial charge in [0.15, 0.2) is 6.29 Å². The van der Waals surface area contributed by atoms with E-state index in [0.717, 1.165) is 63.2 Å². The zero-order valence-corrected chi connectivity index (χ0v) is 27.4. The second kappa shape index (κ2) is 17.4. The van der Waals surface area contributed by atoms with Crippen LogP contribution in [0.1, 0.15) is 78.4 Å². The molecule has 1 fully saturated rings. The number of nitrogens with zero attached hydrogens (tertiary/aromatic N) is 1. The fourth-order valence-electron chi connectivity index (χ4n) is 4.72. The van der Waals surface area contributed by atoms with Crippen LogP contribution in [0.4, 0.5) is 4.79 Å². The van der Waals surface area contributed by atoms with Gasteiger partial charge in [-0.3, -0.25) is 4.90 Å². The first kappa shape index (κ1) is 35.3. The highest BCUT2D eigenvalue weighted by Gasteiger charge is 2.29. The number of carbonyl (C=O) groups is 2. The summed E-state index contributed by atoms with van der Waals surface area (Å²) in [7, 11) is 0. The predicted octanol–water partition coefficient (Wildman–Crippen LogP) is 6.28. The zero-order chi connectivity index (χ0) is 32.0. The molecule has 1 amide bonds. The fourth-order valence-corrected chi connectivity index (χ4v) is 4.72. The molecule has 1 heterocycles. The van der Waals surface area contributed by atoms with Gasteiger partial charge in [-0.05, 0) is 90.5 Å². The minimum atomic E-state index is -0.893. The molecule has 1 aliphatic rings. The van der Waals surface area contributed by atoms with Crippen molar-refractivity contribution in [3.8, 4) is 5.75 Å². The number of amides is 1. The summed E-state index contributed by atoms with van der Waals surface area (Å²) in [5, 5.41) is 2.68. The summed E-state index contributed by atoms with van der Waals surface area (Å²) in [4.78, 5) is 27.7. The molecule has 1 aliphatic heterocycles. The maximum Gasteiger partial charge on any atom is 0.408 e. The van der Waals surface area contributed by atoms with E-state index < -0.39 is 29.3 Å². The Morgan fingerprint density at radius 1 is 0.886 bits per heavy atom. The number of hydrogen-bond donors (Lipinski definition) is 1. The molecular formula is C35H52N2O7. The van der Waals surface area contributed by atoms with Crippen LogP contribution < -0.4 is 10.1 Å². The number of esters is 1. The Kier molecular flexibility index (Phi) is 14.0. The summed E-state index contributed by atoms with van der Waals surface area (Å²) in [6, 6.07) is 17.1. The summed E-state index contributed by atoms with van der Waals surface area (Å²) in [6.07, 6.45) is 3.70. The van der Waals surface area contributed by atoms with Crippen molar-refractivity contribution in [3.05, 3.63) is 65.7 Å². The Bertz CT molecular complexity index is 1120. The average molecular weight is 613 g/mol. The maximum atomic E-state index is 12.9. The van der Waals surface area contributed by atoms with Crippen molar-refractivity contribution < 1.29 is 33.3 Å². The third-order valence-electron chi connectivity index (χ3n) is 6.73. The van der Waals surface area contributed by atoms with Gasteiger partial charge in [-0.15, -0.1) is 0 Å². The molecule has 244 valence electrons. The molecule has 0 aliphatic carbocycles. The molecule has 0 aromatic heterocycles. The number of rotatable bonds is 15. The summed E-state index contributed by atoms with van der Waals surface area (Å²) >= 11 is 0. The van der Waals surface area contributed by atoms with Gasteiger partial charge < -0.3 is 29.0 Å². The van der Waals surface area contributed by atoms with Gasteiger partial charge in [0.25, 0.3) is 0 Å². The van der Waals surface area contributed by atoms with E-state index in [4.69, 9.17) is 23.7 Å². The van der Waals surface area contributed by atoms with Crippen molar-refractivity contribution in [3.63, 3.8) is 0 Å². The van der Waals surface area contributed by atoms with Gasteiger partial charge in [0.2, 0.25) is 0 Å². The Hall–Kier alpha value is -3.14. The van der Waals surface area contributed by atoms with Crippen molar-refractivity contribution in [2.45, 2.75) is 104 Å². The third-order valence-corrected chi connectivity index (χ3v) is 6.73. The molecular weight excluding hydrogens is 560 g/mol. The number of hydrogen-bond acceptors (Lipinski definition) is 8. The Labute approximate surface area is 263 Å². The van der Waals surface area contributed by atoms with E-state index in [9.17, 15) is 9.59 Å². The van der Waals surface area contributed by atoms with E-state index in [-0.39, 0.29) is 12.7 Å². The van der Waals surface area contributed by atoms with Crippen LogP contribution >= 0.6 is 0 Å². The van der Waals surface area contributed by atoms with Gasteiger partial charge >= 0.3 is 12.1 Å². The van der Waals surface area contributed by atoms with Gasteiger partial charge in [0.05, 0.1) is 6.61 Å². The second-order valence-electron chi connectivity index (χ2n) is 13.2. The maximum absolute atomic E-state index is 12.9. The molecule has 0 bridgehead atoms. The van der Waals surface area contributed by atoms with Crippen LogP contribution in [0.2, 0.25) is 0 Å². The topological polar surface area (TPSA) is 95.6 Å². The minimum Gasteiger partial charge on any atom is -0.492 e.